The zero-order valence-electron chi connectivity index (χ0n) is 9.44. The Balaban J connectivity index is 5.10. The first-order chi connectivity index (χ1) is 7.29. The maximum absolute atomic E-state index is 4.89. The second kappa shape index (κ2) is 8.82. The summed E-state index contributed by atoms with van der Waals surface area (Å²) < 4.78 is 4.89. The predicted octanol–water partition coefficient (Wildman–Crippen LogP) is 3.95. The molecule has 0 aromatic heterocycles. The molecule has 15 heavy (non-hydrogen) atoms. The number of hydrogen-bond acceptors (Lipinski definition) is 1. The van der Waals surface area contributed by atoms with Crippen molar-refractivity contribution in [2.75, 3.05) is 7.11 Å². The van der Waals surface area contributed by atoms with Gasteiger partial charge in [-0.25, -0.2) is 0 Å². The van der Waals surface area contributed by atoms with Crippen LogP contribution in [0.15, 0.2) is 73.1 Å². The molecule has 0 saturated carbocycles. The summed E-state index contributed by atoms with van der Waals surface area (Å²) in [6, 6.07) is 0. The third-order valence-corrected chi connectivity index (χ3v) is 1.66. The molecule has 0 saturated heterocycles. The van der Waals surface area contributed by atoms with Crippen LogP contribution in [0.25, 0.3) is 0 Å². The monoisotopic (exact) mass is 202 g/mol. The van der Waals surface area contributed by atoms with E-state index in [0.717, 1.165) is 11.1 Å². The summed E-state index contributed by atoms with van der Waals surface area (Å²) in [6.07, 6.45) is 14.9. The van der Waals surface area contributed by atoms with Crippen molar-refractivity contribution >= 4 is 0 Å². The Morgan fingerprint density at radius 3 is 1.93 bits per heavy atom. The minimum atomic E-state index is 1.03. The number of allylic oxidation sites excluding steroid dienone is 9. The van der Waals surface area contributed by atoms with Gasteiger partial charge in [-0.05, 0) is 24.1 Å². The first-order valence-electron chi connectivity index (χ1n) is 4.78. The normalized spacial score (nSPS) is 13.5. The van der Waals surface area contributed by atoms with Crippen LogP contribution in [0.3, 0.4) is 0 Å². The molecule has 0 unspecified atom stereocenters. The Labute approximate surface area is 92.5 Å². The average Bonchev–Trinajstić information content (AvgIpc) is 2.24. The van der Waals surface area contributed by atoms with Crippen molar-refractivity contribution in [2.24, 2.45) is 0 Å². The highest BCUT2D eigenvalue weighted by Gasteiger charge is 1.95. The summed E-state index contributed by atoms with van der Waals surface area (Å²) >= 11 is 0. The van der Waals surface area contributed by atoms with E-state index in [2.05, 4.69) is 13.2 Å². The van der Waals surface area contributed by atoms with Gasteiger partial charge < -0.3 is 4.74 Å². The molecule has 0 heterocycles. The molecule has 0 atom stereocenters. The summed E-state index contributed by atoms with van der Waals surface area (Å²) in [6.45, 7) is 9.34. The quantitative estimate of drug-likeness (QED) is 0.468. The SMILES string of the molecule is C=C/C=C(\C=C/C)C(/C=C\OC)=C/C=C. The summed E-state index contributed by atoms with van der Waals surface area (Å²) in [7, 11) is 1.62. The molecule has 0 aliphatic heterocycles. The number of ether oxygens (including phenoxy) is 1. The van der Waals surface area contributed by atoms with Crippen molar-refractivity contribution < 1.29 is 4.74 Å². The van der Waals surface area contributed by atoms with Crippen molar-refractivity contribution in [1.29, 1.82) is 0 Å². The fraction of sp³-hybridized carbons (Fsp3) is 0.143. The van der Waals surface area contributed by atoms with Gasteiger partial charge in [-0.15, -0.1) is 0 Å². The van der Waals surface area contributed by atoms with E-state index in [0.29, 0.717) is 0 Å². The van der Waals surface area contributed by atoms with Gasteiger partial charge in [0.25, 0.3) is 0 Å². The lowest BCUT2D eigenvalue weighted by molar-refractivity contribution is 0.338. The average molecular weight is 202 g/mol. The third kappa shape index (κ3) is 5.53. The fourth-order valence-corrected chi connectivity index (χ4v) is 1.07. The van der Waals surface area contributed by atoms with E-state index in [1.54, 1.807) is 25.5 Å². The van der Waals surface area contributed by atoms with E-state index < -0.39 is 0 Å². The Hall–Kier alpha value is -1.76. The van der Waals surface area contributed by atoms with Crippen molar-refractivity contribution in [3.8, 4) is 0 Å². The molecule has 1 nitrogen and oxygen atoms in total. The zero-order valence-corrected chi connectivity index (χ0v) is 9.44. The number of methoxy groups -OCH3 is 1. The van der Waals surface area contributed by atoms with Crippen LogP contribution in [0.5, 0.6) is 0 Å². The molecule has 1 heteroatoms. The minimum Gasteiger partial charge on any atom is -0.504 e. The van der Waals surface area contributed by atoms with E-state index in [1.165, 1.54) is 0 Å². The molecule has 0 aliphatic carbocycles. The molecular weight excluding hydrogens is 184 g/mol. The standard InChI is InChI=1S/C14H18O/c1-5-8-13(9-6-2)14(10-7-3)11-12-15-4/h5-12H,1,3H2,2,4H3/b9-6-,12-11-,13-8+,14-10+. The zero-order chi connectivity index (χ0) is 11.5. The molecule has 0 spiro atoms. The van der Waals surface area contributed by atoms with Crippen molar-refractivity contribution in [2.45, 2.75) is 6.92 Å². The Kier molecular flexibility index (Phi) is 7.79. The van der Waals surface area contributed by atoms with E-state index in [1.807, 2.05) is 37.3 Å². The highest BCUT2D eigenvalue weighted by Crippen LogP contribution is 2.14. The highest BCUT2D eigenvalue weighted by molar-refractivity contribution is 5.48. The lowest BCUT2D eigenvalue weighted by Crippen LogP contribution is -1.83. The van der Waals surface area contributed by atoms with Gasteiger partial charge in [0.15, 0.2) is 0 Å². The van der Waals surface area contributed by atoms with E-state index >= 15 is 0 Å². The predicted molar refractivity (Wildman–Crippen MR) is 67.5 cm³/mol. The van der Waals surface area contributed by atoms with Gasteiger partial charge >= 0.3 is 0 Å². The highest BCUT2D eigenvalue weighted by atomic mass is 16.5. The van der Waals surface area contributed by atoms with Crippen molar-refractivity contribution in [1.82, 2.24) is 0 Å². The van der Waals surface area contributed by atoms with E-state index in [4.69, 9.17) is 4.74 Å². The molecule has 0 bridgehead atoms. The first kappa shape index (κ1) is 13.2. The summed E-state index contributed by atoms with van der Waals surface area (Å²) in [4.78, 5) is 0. The minimum absolute atomic E-state index is 1.03. The van der Waals surface area contributed by atoms with Crippen LogP contribution in [-0.2, 0) is 4.74 Å². The molecule has 0 aromatic carbocycles. The van der Waals surface area contributed by atoms with E-state index in [-0.39, 0.29) is 0 Å². The molecular formula is C14H18O. The van der Waals surface area contributed by atoms with Crippen molar-refractivity contribution in [3.05, 3.63) is 73.1 Å². The lowest BCUT2D eigenvalue weighted by Gasteiger charge is -2.01. The summed E-state index contributed by atoms with van der Waals surface area (Å²) in [5, 5.41) is 0. The van der Waals surface area contributed by atoms with Crippen LogP contribution in [-0.4, -0.2) is 7.11 Å². The smallest absolute Gasteiger partial charge is 0.0830 e. The second-order valence-electron chi connectivity index (χ2n) is 2.75. The summed E-state index contributed by atoms with van der Waals surface area (Å²) in [5.41, 5.74) is 2.10. The Morgan fingerprint density at radius 2 is 1.53 bits per heavy atom. The van der Waals surface area contributed by atoms with Gasteiger partial charge in [0.05, 0.1) is 13.4 Å². The lowest BCUT2D eigenvalue weighted by atomic mass is 10.0. The van der Waals surface area contributed by atoms with Crippen LogP contribution in [0.2, 0.25) is 0 Å². The second-order valence-corrected chi connectivity index (χ2v) is 2.75. The molecule has 80 valence electrons. The van der Waals surface area contributed by atoms with Gasteiger partial charge in [-0.2, -0.15) is 0 Å². The Morgan fingerprint density at radius 1 is 1.00 bits per heavy atom. The van der Waals surface area contributed by atoms with Crippen molar-refractivity contribution in [3.63, 3.8) is 0 Å². The van der Waals surface area contributed by atoms with Crippen LogP contribution in [0.1, 0.15) is 6.92 Å². The van der Waals surface area contributed by atoms with Gasteiger partial charge in [0, 0.05) is 0 Å². The number of hydrogen-bond donors (Lipinski definition) is 0. The number of rotatable bonds is 6. The molecule has 0 radical (unpaired) electrons. The maximum atomic E-state index is 4.89. The van der Waals surface area contributed by atoms with Crippen LogP contribution in [0, 0.1) is 0 Å². The molecule has 0 aromatic rings. The van der Waals surface area contributed by atoms with Gasteiger partial charge in [0.1, 0.15) is 0 Å². The molecule has 0 amide bonds. The molecule has 0 aliphatic rings. The van der Waals surface area contributed by atoms with Gasteiger partial charge in [0.2, 0.25) is 0 Å². The maximum Gasteiger partial charge on any atom is 0.0830 e. The third-order valence-electron chi connectivity index (χ3n) is 1.66. The van der Waals surface area contributed by atoms with E-state index in [9.17, 15) is 0 Å². The topological polar surface area (TPSA) is 9.23 Å². The molecule has 0 N–H and O–H groups in total. The molecule has 0 fully saturated rings. The Bertz CT molecular complexity index is 314. The van der Waals surface area contributed by atoms with Gasteiger partial charge in [-0.1, -0.05) is 49.6 Å². The fourth-order valence-electron chi connectivity index (χ4n) is 1.07. The summed E-state index contributed by atoms with van der Waals surface area (Å²) in [5.74, 6) is 0. The van der Waals surface area contributed by atoms with Crippen LogP contribution in [0.4, 0.5) is 0 Å². The van der Waals surface area contributed by atoms with Gasteiger partial charge in [-0.3, -0.25) is 0 Å². The first-order valence-corrected chi connectivity index (χ1v) is 4.78. The van der Waals surface area contributed by atoms with Crippen LogP contribution >= 0.6 is 0 Å². The largest absolute Gasteiger partial charge is 0.504 e. The molecule has 0 rings (SSSR count). The van der Waals surface area contributed by atoms with Crippen LogP contribution < -0.4 is 0 Å².